The van der Waals surface area contributed by atoms with Gasteiger partial charge in [0.1, 0.15) is 11.6 Å². The van der Waals surface area contributed by atoms with Gasteiger partial charge in [-0.1, -0.05) is 58.9 Å². The number of hydrogen-bond acceptors (Lipinski definition) is 3. The van der Waals surface area contributed by atoms with Gasteiger partial charge >= 0.3 is 5.97 Å². The van der Waals surface area contributed by atoms with Crippen molar-refractivity contribution in [3.8, 4) is 6.07 Å². The molecule has 3 nitrogen and oxygen atoms in total. The van der Waals surface area contributed by atoms with E-state index in [9.17, 15) is 4.79 Å². The maximum Gasteiger partial charge on any atom is 0.348 e. The van der Waals surface area contributed by atoms with Crippen LogP contribution in [0.2, 0.25) is 0 Å². The number of nitrogens with zero attached hydrogens (tertiary/aromatic N) is 1. The molecule has 0 aliphatic carbocycles. The largest absolute Gasteiger partial charge is 0.462 e. The van der Waals surface area contributed by atoms with Crippen molar-refractivity contribution in [2.24, 2.45) is 0 Å². The first kappa shape index (κ1) is 28.1. The summed E-state index contributed by atoms with van der Waals surface area (Å²) in [4.78, 5) is 11.1. The van der Waals surface area contributed by atoms with Gasteiger partial charge in [0.25, 0.3) is 0 Å². The first-order chi connectivity index (χ1) is 10.5. The van der Waals surface area contributed by atoms with E-state index in [2.05, 4.69) is 31.7 Å². The first-order valence-electron chi connectivity index (χ1n) is 7.66. The van der Waals surface area contributed by atoms with Crippen molar-refractivity contribution in [2.75, 3.05) is 6.61 Å². The van der Waals surface area contributed by atoms with Crippen molar-refractivity contribution in [2.45, 2.75) is 54.9 Å². The molecular formula is C19H33NO2. The van der Waals surface area contributed by atoms with Crippen molar-refractivity contribution in [3.05, 3.63) is 48.6 Å². The fourth-order valence-electron chi connectivity index (χ4n) is 0.793. The SMILES string of the molecule is C=C(/C=C\C)/C=C(/C#N)C(=O)OCC.C=CC.CC.CCC. The van der Waals surface area contributed by atoms with Gasteiger partial charge < -0.3 is 4.74 Å². The molecule has 0 aromatic carbocycles. The molecule has 22 heavy (non-hydrogen) atoms. The molecule has 0 aromatic rings. The average Bonchev–Trinajstić information content (AvgIpc) is 2.49. The predicted octanol–water partition coefficient (Wildman–Crippen LogP) is 5.77. The van der Waals surface area contributed by atoms with E-state index in [1.165, 1.54) is 12.5 Å². The Morgan fingerprint density at radius 2 is 1.64 bits per heavy atom. The normalized spacial score (nSPS) is 8.73. The van der Waals surface area contributed by atoms with E-state index in [1.54, 1.807) is 31.2 Å². The predicted molar refractivity (Wildman–Crippen MR) is 97.5 cm³/mol. The monoisotopic (exact) mass is 307 g/mol. The molecule has 0 aliphatic rings. The molecule has 0 atom stereocenters. The van der Waals surface area contributed by atoms with Crippen LogP contribution in [0.15, 0.2) is 48.6 Å². The number of nitriles is 1. The highest BCUT2D eigenvalue weighted by atomic mass is 16.5. The van der Waals surface area contributed by atoms with E-state index in [0.717, 1.165) is 0 Å². The van der Waals surface area contributed by atoms with E-state index in [0.29, 0.717) is 5.57 Å². The summed E-state index contributed by atoms with van der Waals surface area (Å²) >= 11 is 0. The molecule has 0 unspecified atom stereocenters. The van der Waals surface area contributed by atoms with Crippen LogP contribution in [0.5, 0.6) is 0 Å². The van der Waals surface area contributed by atoms with Crippen LogP contribution in [0.25, 0.3) is 0 Å². The van der Waals surface area contributed by atoms with Crippen LogP contribution in [0.1, 0.15) is 54.9 Å². The van der Waals surface area contributed by atoms with Crippen LogP contribution in [-0.2, 0) is 9.53 Å². The molecule has 0 saturated carbocycles. The maximum absolute atomic E-state index is 11.1. The number of esters is 1. The molecule has 0 radical (unpaired) electrons. The van der Waals surface area contributed by atoms with Gasteiger partial charge in [-0.15, -0.1) is 6.58 Å². The summed E-state index contributed by atoms with van der Waals surface area (Å²) in [5, 5.41) is 8.66. The zero-order valence-electron chi connectivity index (χ0n) is 15.4. The lowest BCUT2D eigenvalue weighted by atomic mass is 10.2. The zero-order valence-corrected chi connectivity index (χ0v) is 15.4. The van der Waals surface area contributed by atoms with Gasteiger partial charge in [0.2, 0.25) is 0 Å². The number of rotatable bonds is 4. The minimum atomic E-state index is -0.611. The maximum atomic E-state index is 11.1. The summed E-state index contributed by atoms with van der Waals surface area (Å²) in [6.45, 7) is 20.9. The van der Waals surface area contributed by atoms with E-state index in [-0.39, 0.29) is 12.2 Å². The van der Waals surface area contributed by atoms with E-state index < -0.39 is 5.97 Å². The smallest absolute Gasteiger partial charge is 0.348 e. The summed E-state index contributed by atoms with van der Waals surface area (Å²) in [6.07, 6.45) is 7.88. The number of carbonyl (C=O) groups excluding carboxylic acids is 1. The van der Waals surface area contributed by atoms with Gasteiger partial charge in [0.05, 0.1) is 6.61 Å². The molecule has 0 aliphatic heterocycles. The van der Waals surface area contributed by atoms with Crippen molar-refractivity contribution < 1.29 is 9.53 Å². The summed E-state index contributed by atoms with van der Waals surface area (Å²) in [5.74, 6) is -0.611. The Morgan fingerprint density at radius 3 is 1.91 bits per heavy atom. The van der Waals surface area contributed by atoms with Crippen LogP contribution >= 0.6 is 0 Å². The topological polar surface area (TPSA) is 50.1 Å². The fraction of sp³-hybridized carbons (Fsp3) is 0.474. The van der Waals surface area contributed by atoms with Gasteiger partial charge in [-0.2, -0.15) is 5.26 Å². The van der Waals surface area contributed by atoms with E-state index in [4.69, 9.17) is 5.26 Å². The van der Waals surface area contributed by atoms with Gasteiger partial charge in [-0.3, -0.25) is 0 Å². The molecule has 0 saturated heterocycles. The van der Waals surface area contributed by atoms with Gasteiger partial charge in [-0.05, 0) is 32.4 Å². The van der Waals surface area contributed by atoms with Crippen LogP contribution < -0.4 is 0 Å². The third-order valence-electron chi connectivity index (χ3n) is 1.33. The molecule has 0 bridgehead atoms. The number of allylic oxidation sites excluding steroid dienone is 5. The molecule has 0 aromatic heterocycles. The molecule has 0 fully saturated rings. The van der Waals surface area contributed by atoms with E-state index in [1.807, 2.05) is 27.7 Å². The first-order valence-corrected chi connectivity index (χ1v) is 7.66. The molecule has 126 valence electrons. The lowest BCUT2D eigenvalue weighted by Gasteiger charge is -1.98. The van der Waals surface area contributed by atoms with Crippen molar-refractivity contribution in [1.82, 2.24) is 0 Å². The fourth-order valence-corrected chi connectivity index (χ4v) is 0.793. The molecule has 0 spiro atoms. The summed E-state index contributed by atoms with van der Waals surface area (Å²) in [6, 6.07) is 1.77. The Hall–Kier alpha value is -2.08. The van der Waals surface area contributed by atoms with Crippen LogP contribution in [-0.4, -0.2) is 12.6 Å². The molecular weight excluding hydrogens is 274 g/mol. The minimum absolute atomic E-state index is 0.0325. The Bertz CT molecular complexity index is 371. The number of ether oxygens (including phenoxy) is 1. The Labute approximate surface area is 137 Å². The average molecular weight is 307 g/mol. The summed E-state index contributed by atoms with van der Waals surface area (Å²) < 4.78 is 4.68. The minimum Gasteiger partial charge on any atom is -0.462 e. The second-order valence-corrected chi connectivity index (χ2v) is 3.58. The molecule has 0 rings (SSSR count). The second kappa shape index (κ2) is 27.3. The standard InChI is InChI=1S/C11H13NO2.C3H8.C3H6.C2H6/c1-4-6-9(3)7-10(8-12)11(13)14-5-2;2*1-3-2;1-2/h4,6-7H,3,5H2,1-2H3;3H2,1-2H3;3H,1H2,2H3;1-2H3/b6-4-,10-7-;;;. The molecule has 3 heteroatoms. The lowest BCUT2D eigenvalue weighted by molar-refractivity contribution is -0.138. The number of hydrogen-bond donors (Lipinski definition) is 0. The quantitative estimate of drug-likeness (QED) is 0.218. The van der Waals surface area contributed by atoms with Crippen LogP contribution in [0, 0.1) is 11.3 Å². The summed E-state index contributed by atoms with van der Waals surface area (Å²) in [7, 11) is 0. The van der Waals surface area contributed by atoms with Crippen LogP contribution in [0.4, 0.5) is 0 Å². The molecule has 0 amide bonds. The van der Waals surface area contributed by atoms with Crippen molar-refractivity contribution in [3.63, 3.8) is 0 Å². The highest BCUT2D eigenvalue weighted by molar-refractivity contribution is 5.93. The highest BCUT2D eigenvalue weighted by Gasteiger charge is 2.08. The second-order valence-electron chi connectivity index (χ2n) is 3.58. The zero-order chi connectivity index (χ0) is 18.4. The molecule has 0 N–H and O–H groups in total. The Kier molecular flexibility index (Phi) is 34.9. The molecule has 0 heterocycles. The van der Waals surface area contributed by atoms with Gasteiger partial charge in [0.15, 0.2) is 0 Å². The number of carbonyl (C=O) groups is 1. The lowest BCUT2D eigenvalue weighted by Crippen LogP contribution is -2.06. The Morgan fingerprint density at radius 1 is 1.23 bits per heavy atom. The highest BCUT2D eigenvalue weighted by Crippen LogP contribution is 2.03. The summed E-state index contributed by atoms with van der Waals surface area (Å²) in [5.41, 5.74) is 0.562. The third kappa shape index (κ3) is 26.5. The Balaban J connectivity index is -0.000000170. The van der Waals surface area contributed by atoms with Crippen LogP contribution in [0.3, 0.4) is 0 Å². The van der Waals surface area contributed by atoms with E-state index >= 15 is 0 Å². The van der Waals surface area contributed by atoms with Crippen molar-refractivity contribution >= 4 is 5.97 Å². The van der Waals surface area contributed by atoms with Crippen molar-refractivity contribution in [1.29, 1.82) is 5.26 Å². The van der Waals surface area contributed by atoms with Gasteiger partial charge in [-0.25, -0.2) is 4.79 Å². The van der Waals surface area contributed by atoms with Gasteiger partial charge in [0, 0.05) is 0 Å². The third-order valence-corrected chi connectivity index (χ3v) is 1.33.